The van der Waals surface area contributed by atoms with Gasteiger partial charge in [0.1, 0.15) is 5.54 Å². The Morgan fingerprint density at radius 1 is 1.43 bits per heavy atom. The van der Waals surface area contributed by atoms with E-state index < -0.39 is 5.54 Å². The lowest BCUT2D eigenvalue weighted by molar-refractivity contribution is -0.152. The molecule has 1 aliphatic rings. The van der Waals surface area contributed by atoms with Crippen molar-refractivity contribution in [3.63, 3.8) is 0 Å². The highest BCUT2D eigenvalue weighted by Gasteiger charge is 2.45. The minimum atomic E-state index is -0.740. The normalized spacial score (nSPS) is 25.7. The number of benzene rings is 1. The second-order valence-electron chi connectivity index (χ2n) is 5.81. The highest BCUT2D eigenvalue weighted by molar-refractivity contribution is 6.30. The number of methoxy groups -OCH3 is 1. The van der Waals surface area contributed by atoms with E-state index in [0.29, 0.717) is 30.4 Å². The van der Waals surface area contributed by atoms with Gasteiger partial charge in [0.05, 0.1) is 13.2 Å². The largest absolute Gasteiger partial charge is 0.467 e. The highest BCUT2D eigenvalue weighted by Crippen LogP contribution is 2.33. The van der Waals surface area contributed by atoms with Crippen LogP contribution in [-0.2, 0) is 14.3 Å². The summed E-state index contributed by atoms with van der Waals surface area (Å²) in [5, 5.41) is 4.01. The molecule has 1 saturated heterocycles. The molecular formula is C16H22ClNO3. The minimum Gasteiger partial charge on any atom is -0.467 e. The van der Waals surface area contributed by atoms with Crippen LogP contribution in [0.25, 0.3) is 0 Å². The molecule has 2 rings (SSSR count). The van der Waals surface area contributed by atoms with Crippen LogP contribution in [0.15, 0.2) is 24.3 Å². The van der Waals surface area contributed by atoms with Crippen molar-refractivity contribution in [3.8, 4) is 0 Å². The number of hydrogen-bond acceptors (Lipinski definition) is 4. The molecule has 0 spiro atoms. The van der Waals surface area contributed by atoms with Gasteiger partial charge in [-0.3, -0.25) is 0 Å². The quantitative estimate of drug-likeness (QED) is 0.865. The predicted octanol–water partition coefficient (Wildman–Crippen LogP) is 3.50. The topological polar surface area (TPSA) is 47.6 Å². The first kappa shape index (κ1) is 16.1. The fraction of sp³-hybridized carbons (Fsp3) is 0.562. The number of hydrogen-bond donors (Lipinski definition) is 1. The molecule has 0 amide bonds. The Morgan fingerprint density at radius 2 is 2.10 bits per heavy atom. The average molecular weight is 312 g/mol. The Kier molecular flexibility index (Phi) is 5.12. The van der Waals surface area contributed by atoms with E-state index in [0.717, 1.165) is 5.69 Å². The molecule has 0 radical (unpaired) electrons. The molecule has 1 aliphatic heterocycles. The fourth-order valence-electron chi connectivity index (χ4n) is 2.67. The maximum Gasteiger partial charge on any atom is 0.331 e. The van der Waals surface area contributed by atoms with E-state index >= 15 is 0 Å². The molecule has 21 heavy (non-hydrogen) atoms. The zero-order valence-corrected chi connectivity index (χ0v) is 13.4. The van der Waals surface area contributed by atoms with Gasteiger partial charge in [-0.15, -0.1) is 0 Å². The van der Waals surface area contributed by atoms with E-state index in [9.17, 15) is 4.79 Å². The molecule has 0 aromatic heterocycles. The molecule has 5 heteroatoms. The van der Waals surface area contributed by atoms with Crippen molar-refractivity contribution in [2.75, 3.05) is 19.0 Å². The summed E-state index contributed by atoms with van der Waals surface area (Å²) in [6, 6.07) is 7.34. The highest BCUT2D eigenvalue weighted by atomic mass is 35.5. The second kappa shape index (κ2) is 6.67. The van der Waals surface area contributed by atoms with Crippen molar-refractivity contribution in [2.45, 2.75) is 38.3 Å². The van der Waals surface area contributed by atoms with Crippen LogP contribution in [0.1, 0.15) is 26.7 Å². The van der Waals surface area contributed by atoms with Gasteiger partial charge in [0.25, 0.3) is 0 Å². The molecule has 1 aromatic rings. The number of carbonyl (C=O) groups excluding carboxylic acids is 1. The fourth-order valence-corrected chi connectivity index (χ4v) is 2.80. The van der Waals surface area contributed by atoms with E-state index in [1.807, 2.05) is 12.1 Å². The molecule has 0 saturated carbocycles. The Balaban J connectivity index is 2.24. The van der Waals surface area contributed by atoms with Crippen molar-refractivity contribution in [1.29, 1.82) is 0 Å². The molecule has 1 aromatic carbocycles. The standard InChI is InChI=1S/C16H22ClNO3/c1-11(2)14-10-16(8-9-21-14,15(19)20-3)18-13-6-4-12(17)5-7-13/h4-7,11,14,18H,8-10H2,1-3H3. The number of rotatable bonds is 4. The number of halogens is 1. The summed E-state index contributed by atoms with van der Waals surface area (Å²) in [6.45, 7) is 4.74. The number of nitrogens with one attached hydrogen (secondary N) is 1. The summed E-state index contributed by atoms with van der Waals surface area (Å²) in [5.74, 6) is 0.104. The van der Waals surface area contributed by atoms with Gasteiger partial charge in [-0.1, -0.05) is 25.4 Å². The summed E-state index contributed by atoms with van der Waals surface area (Å²) >= 11 is 5.90. The van der Waals surface area contributed by atoms with Gasteiger partial charge in [-0.2, -0.15) is 0 Å². The summed E-state index contributed by atoms with van der Waals surface area (Å²) in [4.78, 5) is 12.4. The average Bonchev–Trinajstić information content (AvgIpc) is 2.49. The molecule has 1 N–H and O–H groups in total. The lowest BCUT2D eigenvalue weighted by Crippen LogP contribution is -2.54. The predicted molar refractivity (Wildman–Crippen MR) is 83.6 cm³/mol. The van der Waals surface area contributed by atoms with Gasteiger partial charge >= 0.3 is 5.97 Å². The number of esters is 1. The van der Waals surface area contributed by atoms with Crippen LogP contribution >= 0.6 is 11.6 Å². The summed E-state index contributed by atoms with van der Waals surface area (Å²) in [5.41, 5.74) is 0.115. The third-order valence-corrected chi connectivity index (χ3v) is 4.21. The third kappa shape index (κ3) is 3.69. The van der Waals surface area contributed by atoms with E-state index in [1.54, 1.807) is 12.1 Å². The molecule has 2 atom stereocenters. The molecule has 116 valence electrons. The maximum atomic E-state index is 12.4. The number of ether oxygens (including phenoxy) is 2. The first-order chi connectivity index (χ1) is 9.97. The van der Waals surface area contributed by atoms with Gasteiger partial charge in [0, 0.05) is 30.2 Å². The molecule has 0 aliphatic carbocycles. The van der Waals surface area contributed by atoms with Crippen LogP contribution in [0.3, 0.4) is 0 Å². The molecule has 1 fully saturated rings. The second-order valence-corrected chi connectivity index (χ2v) is 6.25. The van der Waals surface area contributed by atoms with Crippen molar-refractivity contribution in [2.24, 2.45) is 5.92 Å². The van der Waals surface area contributed by atoms with E-state index in [1.165, 1.54) is 7.11 Å². The van der Waals surface area contributed by atoms with Gasteiger partial charge in [-0.25, -0.2) is 4.79 Å². The van der Waals surface area contributed by atoms with Gasteiger partial charge in [0.15, 0.2) is 0 Å². The lowest BCUT2D eigenvalue weighted by atomic mass is 9.83. The SMILES string of the molecule is COC(=O)C1(Nc2ccc(Cl)cc2)CCOC(C(C)C)C1. The van der Waals surface area contributed by atoms with Crippen LogP contribution in [-0.4, -0.2) is 31.3 Å². The Bertz CT molecular complexity index is 489. The van der Waals surface area contributed by atoms with Gasteiger partial charge in [-0.05, 0) is 30.2 Å². The molecule has 0 bridgehead atoms. The summed E-state index contributed by atoms with van der Waals surface area (Å²) in [6.07, 6.45) is 1.23. The van der Waals surface area contributed by atoms with Crippen LogP contribution in [0, 0.1) is 5.92 Å². The van der Waals surface area contributed by atoms with E-state index in [4.69, 9.17) is 21.1 Å². The smallest absolute Gasteiger partial charge is 0.331 e. The van der Waals surface area contributed by atoms with Crippen LogP contribution in [0.4, 0.5) is 5.69 Å². The van der Waals surface area contributed by atoms with Crippen LogP contribution in [0.2, 0.25) is 5.02 Å². The molecular weight excluding hydrogens is 290 g/mol. The van der Waals surface area contributed by atoms with Crippen molar-refractivity contribution in [3.05, 3.63) is 29.3 Å². The molecule has 4 nitrogen and oxygen atoms in total. The van der Waals surface area contributed by atoms with Crippen LogP contribution in [0.5, 0.6) is 0 Å². The summed E-state index contributed by atoms with van der Waals surface area (Å²) < 4.78 is 10.8. The minimum absolute atomic E-state index is 0.0395. The lowest BCUT2D eigenvalue weighted by Gasteiger charge is -2.41. The number of carbonyl (C=O) groups is 1. The van der Waals surface area contributed by atoms with Crippen molar-refractivity contribution in [1.82, 2.24) is 0 Å². The summed E-state index contributed by atoms with van der Waals surface area (Å²) in [7, 11) is 1.42. The zero-order chi connectivity index (χ0) is 15.5. The van der Waals surface area contributed by atoms with Gasteiger partial charge in [0.2, 0.25) is 0 Å². The Labute approximate surface area is 130 Å². The Morgan fingerprint density at radius 3 is 2.67 bits per heavy atom. The molecule has 2 unspecified atom stereocenters. The van der Waals surface area contributed by atoms with Crippen molar-refractivity contribution < 1.29 is 14.3 Å². The van der Waals surface area contributed by atoms with Crippen LogP contribution < -0.4 is 5.32 Å². The zero-order valence-electron chi connectivity index (χ0n) is 12.7. The first-order valence-electron chi connectivity index (χ1n) is 7.20. The van der Waals surface area contributed by atoms with E-state index in [2.05, 4.69) is 19.2 Å². The monoisotopic (exact) mass is 311 g/mol. The maximum absolute atomic E-state index is 12.4. The van der Waals surface area contributed by atoms with Crippen molar-refractivity contribution >= 4 is 23.3 Å². The Hall–Kier alpha value is -1.26. The van der Waals surface area contributed by atoms with Gasteiger partial charge < -0.3 is 14.8 Å². The third-order valence-electron chi connectivity index (χ3n) is 3.96. The molecule has 1 heterocycles. The van der Waals surface area contributed by atoms with E-state index in [-0.39, 0.29) is 12.1 Å². The number of anilines is 1. The first-order valence-corrected chi connectivity index (χ1v) is 7.58.